The van der Waals surface area contributed by atoms with Gasteiger partial charge in [0.2, 0.25) is 0 Å². The number of hydrogen-bond acceptors (Lipinski definition) is 4. The van der Waals surface area contributed by atoms with Crippen LogP contribution in [0.15, 0.2) is 23.6 Å². The maximum Gasteiger partial charge on any atom is 0.122 e. The molecule has 1 aromatic carbocycles. The summed E-state index contributed by atoms with van der Waals surface area (Å²) in [6.07, 6.45) is 1.01. The summed E-state index contributed by atoms with van der Waals surface area (Å²) in [4.78, 5) is 4.82. The summed E-state index contributed by atoms with van der Waals surface area (Å²) >= 11 is 1.75. The fraction of sp³-hybridized carbons (Fsp3) is 0.471. The Morgan fingerprint density at radius 3 is 2.95 bits per heavy atom. The second kappa shape index (κ2) is 6.16. The van der Waals surface area contributed by atoms with Crippen LogP contribution in [0.5, 0.6) is 5.75 Å². The summed E-state index contributed by atoms with van der Waals surface area (Å²) in [6.45, 7) is 8.25. The van der Waals surface area contributed by atoms with E-state index in [9.17, 15) is 0 Å². The van der Waals surface area contributed by atoms with E-state index in [4.69, 9.17) is 9.72 Å². The molecule has 0 saturated heterocycles. The predicted octanol–water partition coefficient (Wildman–Crippen LogP) is 3.90. The third kappa shape index (κ3) is 2.97. The van der Waals surface area contributed by atoms with Crippen molar-refractivity contribution in [3.8, 4) is 5.75 Å². The predicted molar refractivity (Wildman–Crippen MR) is 87.4 cm³/mol. The molecule has 3 rings (SSSR count). The molecule has 0 saturated carbocycles. The van der Waals surface area contributed by atoms with Crippen LogP contribution < -0.4 is 10.1 Å². The normalized spacial score (nSPS) is 15.0. The van der Waals surface area contributed by atoms with Crippen molar-refractivity contribution in [3.63, 3.8) is 0 Å². The van der Waals surface area contributed by atoms with Crippen LogP contribution in [-0.4, -0.2) is 18.1 Å². The van der Waals surface area contributed by atoms with Crippen molar-refractivity contribution < 1.29 is 4.74 Å². The third-order valence-electron chi connectivity index (χ3n) is 3.83. The Bertz CT molecular complexity index is 621. The lowest BCUT2D eigenvalue weighted by Gasteiger charge is -2.17. The average molecular weight is 302 g/mol. The van der Waals surface area contributed by atoms with Crippen LogP contribution in [0.3, 0.4) is 0 Å². The van der Waals surface area contributed by atoms with Gasteiger partial charge in [-0.05, 0) is 35.7 Å². The number of nitrogens with one attached hydrogen (secondary N) is 1. The maximum absolute atomic E-state index is 5.60. The van der Waals surface area contributed by atoms with Gasteiger partial charge >= 0.3 is 0 Å². The standard InChI is InChI=1S/C17H22N2OS/c1-4-18-16(17-19-14(10-21-17)11(2)3)13-5-6-15-12(9-13)7-8-20-15/h5-6,9-11,16,18H,4,7-8H2,1-3H3. The first-order valence-corrected chi connectivity index (χ1v) is 8.51. The molecule has 1 unspecified atom stereocenters. The van der Waals surface area contributed by atoms with Gasteiger partial charge < -0.3 is 10.1 Å². The first-order chi connectivity index (χ1) is 10.2. The van der Waals surface area contributed by atoms with E-state index in [-0.39, 0.29) is 6.04 Å². The van der Waals surface area contributed by atoms with Gasteiger partial charge in [0.05, 0.1) is 18.3 Å². The van der Waals surface area contributed by atoms with Crippen LogP contribution in [0.1, 0.15) is 54.6 Å². The Labute approximate surface area is 130 Å². The molecule has 2 aromatic rings. The number of fused-ring (bicyclic) bond motifs is 1. The zero-order chi connectivity index (χ0) is 14.8. The van der Waals surface area contributed by atoms with Gasteiger partial charge in [-0.2, -0.15) is 0 Å². The number of benzene rings is 1. The Kier molecular flexibility index (Phi) is 4.27. The van der Waals surface area contributed by atoms with Crippen LogP contribution in [0.2, 0.25) is 0 Å². The number of thiazole rings is 1. The van der Waals surface area contributed by atoms with Gasteiger partial charge in [-0.25, -0.2) is 4.98 Å². The molecule has 0 radical (unpaired) electrons. The fourth-order valence-electron chi connectivity index (χ4n) is 2.64. The van der Waals surface area contributed by atoms with Crippen molar-refractivity contribution >= 4 is 11.3 Å². The molecule has 0 bridgehead atoms. The molecule has 1 aromatic heterocycles. The topological polar surface area (TPSA) is 34.1 Å². The molecule has 1 aliphatic rings. The van der Waals surface area contributed by atoms with E-state index in [1.54, 1.807) is 11.3 Å². The van der Waals surface area contributed by atoms with Gasteiger partial charge in [0.15, 0.2) is 0 Å². The molecule has 1 atom stereocenters. The van der Waals surface area contributed by atoms with Crippen molar-refractivity contribution in [2.45, 2.75) is 39.2 Å². The molecule has 21 heavy (non-hydrogen) atoms. The van der Waals surface area contributed by atoms with E-state index >= 15 is 0 Å². The van der Waals surface area contributed by atoms with Gasteiger partial charge in [-0.3, -0.25) is 0 Å². The molecule has 4 heteroatoms. The minimum Gasteiger partial charge on any atom is -0.493 e. The highest BCUT2D eigenvalue weighted by Gasteiger charge is 2.20. The maximum atomic E-state index is 5.60. The van der Waals surface area contributed by atoms with Gasteiger partial charge in [0, 0.05) is 11.8 Å². The molecule has 1 aliphatic heterocycles. The van der Waals surface area contributed by atoms with E-state index in [2.05, 4.69) is 49.7 Å². The Morgan fingerprint density at radius 2 is 2.24 bits per heavy atom. The molecule has 0 amide bonds. The first kappa shape index (κ1) is 14.5. The van der Waals surface area contributed by atoms with Crippen LogP contribution in [0, 0.1) is 0 Å². The Balaban J connectivity index is 1.93. The Morgan fingerprint density at radius 1 is 1.38 bits per heavy atom. The van der Waals surface area contributed by atoms with Crippen molar-refractivity contribution in [1.29, 1.82) is 0 Å². The van der Waals surface area contributed by atoms with Gasteiger partial charge in [0.1, 0.15) is 10.8 Å². The summed E-state index contributed by atoms with van der Waals surface area (Å²) in [5.74, 6) is 1.52. The number of aromatic nitrogens is 1. The molecular weight excluding hydrogens is 280 g/mol. The minimum absolute atomic E-state index is 0.179. The molecule has 0 aliphatic carbocycles. The highest BCUT2D eigenvalue weighted by Crippen LogP contribution is 2.32. The minimum atomic E-state index is 0.179. The number of nitrogens with zero attached hydrogens (tertiary/aromatic N) is 1. The Hall–Kier alpha value is -1.39. The molecule has 1 N–H and O–H groups in total. The van der Waals surface area contributed by atoms with E-state index in [1.165, 1.54) is 16.8 Å². The van der Waals surface area contributed by atoms with Crippen molar-refractivity contribution in [3.05, 3.63) is 45.4 Å². The molecule has 2 heterocycles. The zero-order valence-electron chi connectivity index (χ0n) is 12.8. The summed E-state index contributed by atoms with van der Waals surface area (Å²) in [6, 6.07) is 6.71. The molecule has 0 fully saturated rings. The van der Waals surface area contributed by atoms with Crippen LogP contribution in [-0.2, 0) is 6.42 Å². The van der Waals surface area contributed by atoms with Gasteiger partial charge in [-0.1, -0.05) is 26.8 Å². The second-order valence-corrected chi connectivity index (χ2v) is 6.61. The molecule has 112 valence electrons. The van der Waals surface area contributed by atoms with E-state index in [1.807, 2.05) is 0 Å². The monoisotopic (exact) mass is 302 g/mol. The zero-order valence-corrected chi connectivity index (χ0v) is 13.7. The lowest BCUT2D eigenvalue weighted by molar-refractivity contribution is 0.357. The SMILES string of the molecule is CCNC(c1ccc2c(c1)CCO2)c1nc(C(C)C)cs1. The summed E-state index contributed by atoms with van der Waals surface area (Å²) in [5.41, 5.74) is 3.78. The van der Waals surface area contributed by atoms with E-state index in [0.29, 0.717) is 5.92 Å². The van der Waals surface area contributed by atoms with E-state index in [0.717, 1.165) is 30.3 Å². The van der Waals surface area contributed by atoms with Crippen LogP contribution >= 0.6 is 11.3 Å². The lowest BCUT2D eigenvalue weighted by Crippen LogP contribution is -2.22. The van der Waals surface area contributed by atoms with Crippen LogP contribution in [0.25, 0.3) is 0 Å². The summed E-state index contributed by atoms with van der Waals surface area (Å²) in [5, 5.41) is 6.90. The number of hydrogen-bond donors (Lipinski definition) is 1. The molecule has 0 spiro atoms. The highest BCUT2D eigenvalue weighted by molar-refractivity contribution is 7.09. The largest absolute Gasteiger partial charge is 0.493 e. The van der Waals surface area contributed by atoms with Crippen LogP contribution in [0.4, 0.5) is 0 Å². The summed E-state index contributed by atoms with van der Waals surface area (Å²) < 4.78 is 5.60. The fourth-order valence-corrected chi connectivity index (χ4v) is 3.72. The number of rotatable bonds is 5. The second-order valence-electron chi connectivity index (χ2n) is 5.72. The van der Waals surface area contributed by atoms with Gasteiger partial charge in [-0.15, -0.1) is 11.3 Å². The smallest absolute Gasteiger partial charge is 0.122 e. The van der Waals surface area contributed by atoms with Crippen molar-refractivity contribution in [1.82, 2.24) is 10.3 Å². The third-order valence-corrected chi connectivity index (χ3v) is 4.76. The number of ether oxygens (including phenoxy) is 1. The first-order valence-electron chi connectivity index (χ1n) is 7.63. The van der Waals surface area contributed by atoms with Crippen molar-refractivity contribution in [2.24, 2.45) is 0 Å². The lowest BCUT2D eigenvalue weighted by atomic mass is 10.0. The molecule has 3 nitrogen and oxygen atoms in total. The van der Waals surface area contributed by atoms with Gasteiger partial charge in [0.25, 0.3) is 0 Å². The average Bonchev–Trinajstić information content (AvgIpc) is 3.12. The molecular formula is C17H22N2OS. The summed E-state index contributed by atoms with van der Waals surface area (Å²) in [7, 11) is 0. The highest BCUT2D eigenvalue weighted by atomic mass is 32.1. The quantitative estimate of drug-likeness (QED) is 0.909. The van der Waals surface area contributed by atoms with E-state index < -0.39 is 0 Å². The van der Waals surface area contributed by atoms with Crippen molar-refractivity contribution in [2.75, 3.05) is 13.2 Å².